The van der Waals surface area contributed by atoms with Gasteiger partial charge < -0.3 is 14.3 Å². The van der Waals surface area contributed by atoms with Crippen LogP contribution in [0, 0.1) is 11.8 Å². The van der Waals surface area contributed by atoms with Gasteiger partial charge in [-0.2, -0.15) is 0 Å². The van der Waals surface area contributed by atoms with Crippen molar-refractivity contribution in [2.24, 2.45) is 0 Å². The van der Waals surface area contributed by atoms with Crippen molar-refractivity contribution in [1.29, 1.82) is 0 Å². The van der Waals surface area contributed by atoms with E-state index in [1.165, 1.54) is 0 Å². The quantitative estimate of drug-likeness (QED) is 0.310. The summed E-state index contributed by atoms with van der Waals surface area (Å²) in [7, 11) is -2.06. The van der Waals surface area contributed by atoms with Crippen molar-refractivity contribution < 1.29 is 14.3 Å². The van der Waals surface area contributed by atoms with Crippen LogP contribution in [0.1, 0.15) is 52.5 Å². The molecule has 3 atom stereocenters. The van der Waals surface area contributed by atoms with Crippen LogP contribution in [0.2, 0.25) is 18.1 Å². The van der Waals surface area contributed by atoms with Gasteiger partial charge in [0.15, 0.2) is 8.32 Å². The van der Waals surface area contributed by atoms with Crippen LogP contribution < -0.4 is 0 Å². The van der Waals surface area contributed by atoms with E-state index in [-0.39, 0.29) is 11.1 Å². The zero-order valence-electron chi connectivity index (χ0n) is 18.5. The molecule has 1 unspecified atom stereocenters. The van der Waals surface area contributed by atoms with E-state index < -0.39 is 20.5 Å². The molecule has 1 rings (SSSR count). The predicted molar refractivity (Wildman–Crippen MR) is 121 cm³/mol. The Morgan fingerprint density at radius 3 is 2.36 bits per heavy atom. The second kappa shape index (κ2) is 11.6. The molecule has 1 aromatic rings. The Morgan fingerprint density at radius 1 is 1.18 bits per heavy atom. The summed E-state index contributed by atoms with van der Waals surface area (Å²) in [4.78, 5) is 0. The average Bonchev–Trinajstić information content (AvgIpc) is 2.64. The SMILES string of the molecule is C=C[C@H](OCc1ccccc1)[C@H](C#CC(O)CCCC)O[Si](C)(C)C(C)(C)C. The Kier molecular flexibility index (Phi) is 10.2. The molecule has 0 fully saturated rings. The molecule has 0 amide bonds. The standard InChI is InChI=1S/C24H38O3Si/c1-8-10-16-21(25)17-18-23(27-28(6,7)24(3,4)5)22(9-2)26-19-20-14-12-11-13-15-20/h9,11-15,21-23,25H,2,8,10,16,19H2,1,3-7H3/t21?,22-,23-/m0/s1. The normalized spacial score (nSPS) is 15.2. The van der Waals surface area contributed by atoms with E-state index in [9.17, 15) is 5.11 Å². The number of hydrogen-bond donors (Lipinski definition) is 1. The second-order valence-corrected chi connectivity index (χ2v) is 13.5. The highest BCUT2D eigenvalue weighted by Gasteiger charge is 2.40. The Morgan fingerprint density at radius 2 is 1.82 bits per heavy atom. The van der Waals surface area contributed by atoms with Crippen LogP contribution >= 0.6 is 0 Å². The molecule has 1 aromatic carbocycles. The zero-order valence-corrected chi connectivity index (χ0v) is 19.5. The Balaban J connectivity index is 2.98. The first-order chi connectivity index (χ1) is 13.1. The van der Waals surface area contributed by atoms with E-state index in [4.69, 9.17) is 9.16 Å². The van der Waals surface area contributed by atoms with Crippen molar-refractivity contribution in [3.8, 4) is 11.8 Å². The maximum atomic E-state index is 10.2. The van der Waals surface area contributed by atoms with E-state index in [1.54, 1.807) is 6.08 Å². The van der Waals surface area contributed by atoms with Gasteiger partial charge in [0.2, 0.25) is 0 Å². The minimum atomic E-state index is -2.06. The van der Waals surface area contributed by atoms with Crippen LogP contribution in [0.15, 0.2) is 43.0 Å². The summed E-state index contributed by atoms with van der Waals surface area (Å²) in [6.07, 6.45) is 2.99. The lowest BCUT2D eigenvalue weighted by atomic mass is 10.1. The lowest BCUT2D eigenvalue weighted by Crippen LogP contribution is -2.46. The molecule has 0 aromatic heterocycles. The van der Waals surface area contributed by atoms with Gasteiger partial charge in [-0.15, -0.1) is 6.58 Å². The summed E-state index contributed by atoms with van der Waals surface area (Å²) in [5.74, 6) is 6.14. The molecule has 0 saturated carbocycles. The molecule has 0 aliphatic carbocycles. The molecule has 0 bridgehead atoms. The Labute approximate surface area is 173 Å². The minimum absolute atomic E-state index is 0.0545. The predicted octanol–water partition coefficient (Wildman–Crippen LogP) is 5.70. The van der Waals surface area contributed by atoms with Gasteiger partial charge in [0.1, 0.15) is 18.3 Å². The highest BCUT2D eigenvalue weighted by Crippen LogP contribution is 2.37. The summed E-state index contributed by atoms with van der Waals surface area (Å²) in [5, 5.41) is 10.2. The zero-order chi connectivity index (χ0) is 21.2. The van der Waals surface area contributed by atoms with Crippen molar-refractivity contribution in [3.05, 3.63) is 48.6 Å². The average molecular weight is 403 g/mol. The summed E-state index contributed by atoms with van der Waals surface area (Å²) in [6, 6.07) is 10.0. The van der Waals surface area contributed by atoms with Crippen LogP contribution in [0.25, 0.3) is 0 Å². The molecule has 3 nitrogen and oxygen atoms in total. The summed E-state index contributed by atoms with van der Waals surface area (Å²) in [5.41, 5.74) is 1.09. The monoisotopic (exact) mass is 402 g/mol. The lowest BCUT2D eigenvalue weighted by molar-refractivity contribution is 0.0104. The first-order valence-corrected chi connectivity index (χ1v) is 13.2. The van der Waals surface area contributed by atoms with Gasteiger partial charge in [0.05, 0.1) is 6.61 Å². The number of ether oxygens (including phenoxy) is 1. The maximum Gasteiger partial charge on any atom is 0.193 e. The van der Waals surface area contributed by atoms with E-state index in [0.717, 1.165) is 18.4 Å². The smallest absolute Gasteiger partial charge is 0.193 e. The van der Waals surface area contributed by atoms with E-state index in [1.807, 2.05) is 30.3 Å². The first kappa shape index (κ1) is 24.7. The van der Waals surface area contributed by atoms with Crippen molar-refractivity contribution in [2.75, 3.05) is 0 Å². The van der Waals surface area contributed by atoms with Crippen LogP contribution in [0.4, 0.5) is 0 Å². The van der Waals surface area contributed by atoms with Crippen LogP contribution in [0.5, 0.6) is 0 Å². The van der Waals surface area contributed by atoms with Gasteiger partial charge in [-0.25, -0.2) is 0 Å². The molecule has 0 heterocycles. The minimum Gasteiger partial charge on any atom is -0.401 e. The molecule has 156 valence electrons. The molecule has 0 radical (unpaired) electrons. The van der Waals surface area contributed by atoms with E-state index >= 15 is 0 Å². The highest BCUT2D eigenvalue weighted by molar-refractivity contribution is 6.74. The van der Waals surface area contributed by atoms with Gasteiger partial charge in [-0.1, -0.05) is 88.8 Å². The fourth-order valence-electron chi connectivity index (χ4n) is 2.37. The molecule has 0 aliphatic rings. The number of benzene rings is 1. The number of rotatable bonds is 10. The molecule has 0 saturated heterocycles. The Bertz CT molecular complexity index is 637. The van der Waals surface area contributed by atoms with Crippen LogP contribution in [-0.2, 0) is 15.8 Å². The number of aliphatic hydroxyl groups excluding tert-OH is 1. The Hall–Kier alpha value is -1.38. The van der Waals surface area contributed by atoms with Crippen molar-refractivity contribution >= 4 is 8.32 Å². The second-order valence-electron chi connectivity index (χ2n) is 8.74. The van der Waals surface area contributed by atoms with Crippen molar-refractivity contribution in [1.82, 2.24) is 0 Å². The largest absolute Gasteiger partial charge is 0.401 e. The van der Waals surface area contributed by atoms with Gasteiger partial charge in [0, 0.05) is 0 Å². The van der Waals surface area contributed by atoms with E-state index in [2.05, 4.69) is 59.2 Å². The molecule has 0 aliphatic heterocycles. The fourth-order valence-corrected chi connectivity index (χ4v) is 3.55. The first-order valence-electron chi connectivity index (χ1n) is 10.3. The molecule has 4 heteroatoms. The van der Waals surface area contributed by atoms with E-state index in [0.29, 0.717) is 13.0 Å². The number of hydrogen-bond acceptors (Lipinski definition) is 3. The van der Waals surface area contributed by atoms with Crippen LogP contribution in [-0.4, -0.2) is 31.7 Å². The summed E-state index contributed by atoms with van der Waals surface area (Å²) < 4.78 is 12.7. The molecule has 1 N–H and O–H groups in total. The third kappa shape index (κ3) is 8.32. The third-order valence-electron chi connectivity index (χ3n) is 5.27. The van der Waals surface area contributed by atoms with Gasteiger partial charge in [-0.05, 0) is 30.1 Å². The van der Waals surface area contributed by atoms with Gasteiger partial charge >= 0.3 is 0 Å². The molecule has 28 heavy (non-hydrogen) atoms. The van der Waals surface area contributed by atoms with Crippen molar-refractivity contribution in [3.63, 3.8) is 0 Å². The highest BCUT2D eigenvalue weighted by atomic mass is 28.4. The number of aliphatic hydroxyl groups is 1. The van der Waals surface area contributed by atoms with Gasteiger partial charge in [-0.3, -0.25) is 0 Å². The molecular weight excluding hydrogens is 364 g/mol. The summed E-state index contributed by atoms with van der Waals surface area (Å²) >= 11 is 0. The third-order valence-corrected chi connectivity index (χ3v) is 9.72. The lowest BCUT2D eigenvalue weighted by Gasteiger charge is -2.39. The topological polar surface area (TPSA) is 38.7 Å². The fraction of sp³-hybridized carbons (Fsp3) is 0.583. The van der Waals surface area contributed by atoms with Gasteiger partial charge in [0.25, 0.3) is 0 Å². The summed E-state index contributed by atoms with van der Waals surface area (Å²) in [6.45, 7) is 17.5. The van der Waals surface area contributed by atoms with Crippen LogP contribution in [0.3, 0.4) is 0 Å². The molecular formula is C24H38O3Si. The number of unbranched alkanes of at least 4 members (excludes halogenated alkanes) is 1. The van der Waals surface area contributed by atoms with Crippen molar-refractivity contribution in [2.45, 2.75) is 90.0 Å². The maximum absolute atomic E-state index is 10.2. The molecule has 0 spiro atoms.